The van der Waals surface area contributed by atoms with Crippen LogP contribution in [0.2, 0.25) is 0 Å². The number of carbonyl (C=O) groups excluding carboxylic acids is 2. The Morgan fingerprint density at radius 1 is 1.44 bits per heavy atom. The van der Waals surface area contributed by atoms with Gasteiger partial charge in [-0.15, -0.1) is 11.3 Å². The average Bonchev–Trinajstić information content (AvgIpc) is 2.92. The zero-order valence-corrected chi connectivity index (χ0v) is 15.8. The molecule has 0 bridgehead atoms. The van der Waals surface area contributed by atoms with Gasteiger partial charge in [-0.3, -0.25) is 9.59 Å². The maximum absolute atomic E-state index is 12.3. The van der Waals surface area contributed by atoms with Crippen LogP contribution in [0.3, 0.4) is 0 Å². The Balaban J connectivity index is 2.13. The zero-order valence-electron chi connectivity index (χ0n) is 15.0. The monoisotopic (exact) mass is 386 g/mol. The fourth-order valence-electron chi connectivity index (χ4n) is 2.22. The summed E-state index contributed by atoms with van der Waals surface area (Å²) in [5, 5.41) is 25.8. The number of amides is 2. The molecular weight excluding hydrogens is 368 g/mol. The first-order chi connectivity index (χ1) is 12.9. The standard InChI is InChI=1S/C18H18N4O4S/c1-4-26-15-6-5-12(7-14(15)24)9-20-22-17(25)16-10(2)13(8-19)18(27-16)21-11(3)23/h5-7,9,24H,4H2,1-3H3,(H,21,23)(H,22,25). The first kappa shape index (κ1) is 19.9. The van der Waals surface area contributed by atoms with Gasteiger partial charge in [-0.25, -0.2) is 5.43 Å². The Bertz CT molecular complexity index is 944. The van der Waals surface area contributed by atoms with E-state index in [0.29, 0.717) is 28.5 Å². The number of rotatable bonds is 6. The minimum absolute atomic E-state index is 0.0279. The molecule has 1 aromatic heterocycles. The lowest BCUT2D eigenvalue weighted by atomic mass is 10.1. The van der Waals surface area contributed by atoms with Crippen molar-refractivity contribution in [3.63, 3.8) is 0 Å². The second kappa shape index (κ2) is 8.82. The SMILES string of the molecule is CCOc1ccc(C=NNC(=O)c2sc(NC(C)=O)c(C#N)c2C)cc1O. The predicted octanol–water partition coefficient (Wildman–Crippen LogP) is 2.75. The molecule has 27 heavy (non-hydrogen) atoms. The number of hydrazone groups is 1. The summed E-state index contributed by atoms with van der Waals surface area (Å²) in [7, 11) is 0. The van der Waals surface area contributed by atoms with Crippen LogP contribution in [0.25, 0.3) is 0 Å². The van der Waals surface area contributed by atoms with Gasteiger partial charge in [0.05, 0.1) is 18.4 Å². The Hall–Kier alpha value is -3.38. The summed E-state index contributed by atoms with van der Waals surface area (Å²) in [5.41, 5.74) is 3.66. The van der Waals surface area contributed by atoms with Crippen molar-refractivity contribution >= 4 is 34.4 Å². The molecule has 1 heterocycles. The van der Waals surface area contributed by atoms with Crippen molar-refractivity contribution in [3.8, 4) is 17.6 Å². The van der Waals surface area contributed by atoms with Gasteiger partial charge >= 0.3 is 0 Å². The van der Waals surface area contributed by atoms with Gasteiger partial charge in [-0.2, -0.15) is 10.4 Å². The van der Waals surface area contributed by atoms with Crippen molar-refractivity contribution < 1.29 is 19.4 Å². The highest BCUT2D eigenvalue weighted by Gasteiger charge is 2.20. The van der Waals surface area contributed by atoms with Crippen LogP contribution in [0, 0.1) is 18.3 Å². The molecular formula is C18H18N4O4S. The number of hydrogen-bond donors (Lipinski definition) is 3. The van der Waals surface area contributed by atoms with Crippen LogP contribution in [0.4, 0.5) is 5.00 Å². The molecule has 0 aliphatic heterocycles. The van der Waals surface area contributed by atoms with Gasteiger partial charge < -0.3 is 15.2 Å². The van der Waals surface area contributed by atoms with Gasteiger partial charge in [0.2, 0.25) is 5.91 Å². The van der Waals surface area contributed by atoms with Gasteiger partial charge in [0.15, 0.2) is 11.5 Å². The van der Waals surface area contributed by atoms with E-state index in [1.807, 2.05) is 13.0 Å². The van der Waals surface area contributed by atoms with Gasteiger partial charge in [-0.1, -0.05) is 0 Å². The fraction of sp³-hybridized carbons (Fsp3) is 0.222. The molecule has 0 spiro atoms. The van der Waals surface area contributed by atoms with E-state index in [1.54, 1.807) is 19.1 Å². The Morgan fingerprint density at radius 3 is 2.78 bits per heavy atom. The third-order valence-corrected chi connectivity index (χ3v) is 4.62. The Kier molecular flexibility index (Phi) is 6.51. The lowest BCUT2D eigenvalue weighted by molar-refractivity contribution is -0.114. The maximum atomic E-state index is 12.3. The molecule has 0 unspecified atom stereocenters. The number of nitrogens with zero attached hydrogens (tertiary/aromatic N) is 2. The van der Waals surface area contributed by atoms with Gasteiger partial charge in [0.25, 0.3) is 5.91 Å². The van der Waals surface area contributed by atoms with E-state index in [-0.39, 0.29) is 22.1 Å². The van der Waals surface area contributed by atoms with Crippen molar-refractivity contribution in [2.75, 3.05) is 11.9 Å². The highest BCUT2D eigenvalue weighted by Crippen LogP contribution is 2.32. The van der Waals surface area contributed by atoms with Crippen LogP contribution in [0.15, 0.2) is 23.3 Å². The summed E-state index contributed by atoms with van der Waals surface area (Å²) < 4.78 is 5.24. The molecule has 0 fully saturated rings. The van der Waals surface area contributed by atoms with Crippen molar-refractivity contribution in [3.05, 3.63) is 39.8 Å². The molecule has 1 aromatic carbocycles. The van der Waals surface area contributed by atoms with E-state index >= 15 is 0 Å². The van der Waals surface area contributed by atoms with E-state index in [9.17, 15) is 20.0 Å². The minimum Gasteiger partial charge on any atom is -0.504 e. The molecule has 2 aromatic rings. The summed E-state index contributed by atoms with van der Waals surface area (Å²) in [4.78, 5) is 23.8. The molecule has 0 radical (unpaired) electrons. The number of aromatic hydroxyl groups is 1. The van der Waals surface area contributed by atoms with E-state index in [4.69, 9.17) is 4.74 Å². The number of ether oxygens (including phenoxy) is 1. The van der Waals surface area contributed by atoms with Crippen molar-refractivity contribution in [1.29, 1.82) is 5.26 Å². The summed E-state index contributed by atoms with van der Waals surface area (Å²) in [6.45, 7) is 5.20. The first-order valence-electron chi connectivity index (χ1n) is 7.97. The first-order valence-corrected chi connectivity index (χ1v) is 8.79. The van der Waals surface area contributed by atoms with E-state index in [0.717, 1.165) is 11.3 Å². The predicted molar refractivity (Wildman–Crippen MR) is 102 cm³/mol. The lowest BCUT2D eigenvalue weighted by Gasteiger charge is -2.05. The Morgan fingerprint density at radius 2 is 2.19 bits per heavy atom. The molecule has 0 atom stereocenters. The number of phenolic OH excluding ortho intramolecular Hbond substituents is 1. The molecule has 0 saturated carbocycles. The Labute approximate surface area is 160 Å². The highest BCUT2D eigenvalue weighted by molar-refractivity contribution is 7.18. The van der Waals surface area contributed by atoms with Gasteiger partial charge in [0.1, 0.15) is 15.9 Å². The normalized spacial score (nSPS) is 10.4. The number of carbonyl (C=O) groups is 2. The molecule has 2 amide bonds. The van der Waals surface area contributed by atoms with Gasteiger partial charge in [-0.05, 0) is 43.2 Å². The quantitative estimate of drug-likeness (QED) is 0.520. The third-order valence-electron chi connectivity index (χ3n) is 3.42. The molecule has 0 saturated heterocycles. The molecule has 8 nitrogen and oxygen atoms in total. The summed E-state index contributed by atoms with van der Waals surface area (Å²) in [6.07, 6.45) is 1.37. The topological polar surface area (TPSA) is 124 Å². The molecule has 3 N–H and O–H groups in total. The van der Waals surface area contributed by atoms with Crippen molar-refractivity contribution in [1.82, 2.24) is 5.43 Å². The molecule has 0 aliphatic rings. The van der Waals surface area contributed by atoms with Crippen LogP contribution in [0.5, 0.6) is 11.5 Å². The van der Waals surface area contributed by atoms with E-state index in [2.05, 4.69) is 15.8 Å². The molecule has 9 heteroatoms. The van der Waals surface area contributed by atoms with Gasteiger partial charge in [0, 0.05) is 6.92 Å². The number of benzene rings is 1. The van der Waals surface area contributed by atoms with Crippen LogP contribution in [0.1, 0.15) is 40.2 Å². The number of thiophene rings is 1. The van der Waals surface area contributed by atoms with Crippen LogP contribution in [-0.2, 0) is 4.79 Å². The maximum Gasteiger partial charge on any atom is 0.281 e. The molecule has 2 rings (SSSR count). The molecule has 0 aliphatic carbocycles. The number of nitriles is 1. The third kappa shape index (κ3) is 4.83. The van der Waals surface area contributed by atoms with Crippen molar-refractivity contribution in [2.45, 2.75) is 20.8 Å². The fourth-order valence-corrected chi connectivity index (χ4v) is 3.31. The second-order valence-electron chi connectivity index (χ2n) is 5.41. The van der Waals surface area contributed by atoms with Crippen LogP contribution >= 0.6 is 11.3 Å². The molecule has 140 valence electrons. The number of anilines is 1. The smallest absolute Gasteiger partial charge is 0.281 e. The zero-order chi connectivity index (χ0) is 20.0. The summed E-state index contributed by atoms with van der Waals surface area (Å²) in [6, 6.07) is 6.73. The van der Waals surface area contributed by atoms with Crippen LogP contribution in [-0.4, -0.2) is 29.7 Å². The number of nitrogens with one attached hydrogen (secondary N) is 2. The average molecular weight is 386 g/mol. The van der Waals surface area contributed by atoms with E-state index in [1.165, 1.54) is 19.2 Å². The van der Waals surface area contributed by atoms with E-state index < -0.39 is 5.91 Å². The largest absolute Gasteiger partial charge is 0.504 e. The number of hydrogen-bond acceptors (Lipinski definition) is 7. The highest BCUT2D eigenvalue weighted by atomic mass is 32.1. The summed E-state index contributed by atoms with van der Waals surface area (Å²) >= 11 is 1.01. The minimum atomic E-state index is -0.503. The van der Waals surface area contributed by atoms with Crippen LogP contribution < -0.4 is 15.5 Å². The van der Waals surface area contributed by atoms with Crippen molar-refractivity contribution in [2.24, 2.45) is 5.10 Å². The lowest BCUT2D eigenvalue weighted by Crippen LogP contribution is -2.17. The second-order valence-corrected chi connectivity index (χ2v) is 6.43. The summed E-state index contributed by atoms with van der Waals surface area (Å²) in [5.74, 6) is -0.493. The number of phenols is 1.